The average Bonchev–Trinajstić information content (AvgIpc) is 3.35. The van der Waals surface area contributed by atoms with Gasteiger partial charge in [-0.3, -0.25) is 4.40 Å². The van der Waals surface area contributed by atoms with Gasteiger partial charge in [-0.15, -0.1) is 10.2 Å². The van der Waals surface area contributed by atoms with Crippen LogP contribution in [0.15, 0.2) is 41.6 Å². The van der Waals surface area contributed by atoms with Gasteiger partial charge in [0.2, 0.25) is 5.65 Å². The third kappa shape index (κ3) is 2.56. The Morgan fingerprint density at radius 2 is 1.74 bits per heavy atom. The Kier molecular flexibility index (Phi) is 3.45. The summed E-state index contributed by atoms with van der Waals surface area (Å²) in [5.74, 6) is 1.74. The Morgan fingerprint density at radius 3 is 2.41 bits per heavy atom. The Morgan fingerprint density at radius 1 is 1.04 bits per heavy atom. The molecule has 0 saturated carbocycles. The minimum absolute atomic E-state index is 0.357. The Bertz CT molecular complexity index is 1120. The second-order valence-corrected chi connectivity index (χ2v) is 9.32. The molecule has 140 valence electrons. The van der Waals surface area contributed by atoms with E-state index in [9.17, 15) is 8.42 Å². The van der Waals surface area contributed by atoms with Gasteiger partial charge in [0.25, 0.3) is 0 Å². The lowest BCUT2D eigenvalue weighted by Gasteiger charge is -2.36. The van der Waals surface area contributed by atoms with E-state index in [0.29, 0.717) is 17.0 Å². The van der Waals surface area contributed by atoms with E-state index < -0.39 is 9.84 Å². The SMILES string of the molecule is Cc1nnc2c(N3CC4CC3CN4c3ccc(S(C)(=O)=O)cc3)nccn12. The van der Waals surface area contributed by atoms with Crippen LogP contribution in [0, 0.1) is 6.92 Å². The monoisotopic (exact) mass is 384 g/mol. The maximum atomic E-state index is 11.7. The summed E-state index contributed by atoms with van der Waals surface area (Å²) in [7, 11) is -3.17. The van der Waals surface area contributed by atoms with Gasteiger partial charge < -0.3 is 9.80 Å². The summed E-state index contributed by atoms with van der Waals surface area (Å²) >= 11 is 0. The number of fused-ring (bicyclic) bond motifs is 3. The van der Waals surface area contributed by atoms with Crippen LogP contribution in [0.1, 0.15) is 12.2 Å². The first-order valence-corrected chi connectivity index (χ1v) is 10.8. The third-order valence-corrected chi connectivity index (χ3v) is 6.72. The van der Waals surface area contributed by atoms with Crippen molar-refractivity contribution in [3.63, 3.8) is 0 Å². The molecule has 2 aliphatic heterocycles. The molecule has 27 heavy (non-hydrogen) atoms. The molecule has 0 amide bonds. The molecule has 2 saturated heterocycles. The van der Waals surface area contributed by atoms with Crippen LogP contribution >= 0.6 is 0 Å². The maximum Gasteiger partial charge on any atom is 0.203 e. The van der Waals surface area contributed by atoms with Crippen LogP contribution in [0.3, 0.4) is 0 Å². The van der Waals surface area contributed by atoms with Crippen molar-refractivity contribution in [3.8, 4) is 0 Å². The fourth-order valence-electron chi connectivity index (χ4n) is 4.26. The van der Waals surface area contributed by atoms with E-state index in [1.54, 1.807) is 18.3 Å². The maximum absolute atomic E-state index is 11.7. The van der Waals surface area contributed by atoms with Crippen LogP contribution in [-0.4, -0.2) is 59.4 Å². The lowest BCUT2D eigenvalue weighted by atomic mass is 10.2. The van der Waals surface area contributed by atoms with Gasteiger partial charge in [-0.2, -0.15) is 0 Å². The standard InChI is InChI=1S/C18H20N6O2S/c1-12-20-21-18-17(19-7-8-22(12)18)24-11-14-9-15(24)10-23(14)13-3-5-16(6-4-13)27(2,25)26/h3-8,14-15H,9-11H2,1-2H3. The molecule has 2 aliphatic rings. The van der Waals surface area contributed by atoms with Gasteiger partial charge in [0.1, 0.15) is 5.82 Å². The molecular weight excluding hydrogens is 364 g/mol. The highest BCUT2D eigenvalue weighted by molar-refractivity contribution is 7.90. The third-order valence-electron chi connectivity index (χ3n) is 5.59. The van der Waals surface area contributed by atoms with Crippen LogP contribution < -0.4 is 9.80 Å². The zero-order valence-electron chi connectivity index (χ0n) is 15.1. The first-order chi connectivity index (χ1) is 12.9. The summed E-state index contributed by atoms with van der Waals surface area (Å²) in [5.41, 5.74) is 1.87. The summed E-state index contributed by atoms with van der Waals surface area (Å²) in [6.45, 7) is 3.69. The van der Waals surface area contributed by atoms with Gasteiger partial charge in [-0.25, -0.2) is 13.4 Å². The number of hydrogen-bond donors (Lipinski definition) is 0. The van der Waals surface area contributed by atoms with Crippen molar-refractivity contribution in [2.45, 2.75) is 30.3 Å². The molecule has 2 unspecified atom stereocenters. The van der Waals surface area contributed by atoms with E-state index in [4.69, 9.17) is 0 Å². The highest BCUT2D eigenvalue weighted by atomic mass is 32.2. The lowest BCUT2D eigenvalue weighted by molar-refractivity contribution is 0.602. The molecule has 0 radical (unpaired) electrons. The van der Waals surface area contributed by atoms with Crippen molar-refractivity contribution in [3.05, 3.63) is 42.5 Å². The predicted molar refractivity (Wildman–Crippen MR) is 102 cm³/mol. The number of sulfone groups is 1. The number of benzene rings is 1. The molecule has 1 aromatic carbocycles. The van der Waals surface area contributed by atoms with E-state index in [1.807, 2.05) is 29.7 Å². The normalized spacial score (nSPS) is 22.1. The molecule has 2 atom stereocenters. The van der Waals surface area contributed by atoms with Gasteiger partial charge in [-0.05, 0) is 37.6 Å². The number of anilines is 2. The number of aromatic nitrogens is 4. The summed E-state index contributed by atoms with van der Waals surface area (Å²) < 4.78 is 25.3. The molecule has 0 N–H and O–H groups in total. The fourth-order valence-corrected chi connectivity index (χ4v) is 4.89. The summed E-state index contributed by atoms with van der Waals surface area (Å²) in [6.07, 6.45) is 5.98. The van der Waals surface area contributed by atoms with E-state index >= 15 is 0 Å². The van der Waals surface area contributed by atoms with Crippen molar-refractivity contribution in [2.75, 3.05) is 29.1 Å². The zero-order chi connectivity index (χ0) is 18.8. The van der Waals surface area contributed by atoms with Crippen LogP contribution in [0.4, 0.5) is 11.5 Å². The second-order valence-electron chi connectivity index (χ2n) is 7.31. The topological polar surface area (TPSA) is 83.7 Å². The summed E-state index contributed by atoms with van der Waals surface area (Å²) in [6, 6.07) is 7.93. The molecule has 2 bridgehead atoms. The fraction of sp³-hybridized carbons (Fsp3) is 0.389. The molecule has 0 spiro atoms. The molecular formula is C18H20N6O2S. The molecule has 8 nitrogen and oxygen atoms in total. The van der Waals surface area contributed by atoms with Crippen molar-refractivity contribution >= 4 is 27.0 Å². The van der Waals surface area contributed by atoms with E-state index in [2.05, 4.69) is 25.0 Å². The van der Waals surface area contributed by atoms with Gasteiger partial charge in [0.15, 0.2) is 15.7 Å². The van der Waals surface area contributed by atoms with E-state index in [0.717, 1.165) is 42.5 Å². The van der Waals surface area contributed by atoms with Crippen LogP contribution in [0.5, 0.6) is 0 Å². The van der Waals surface area contributed by atoms with E-state index in [-0.39, 0.29) is 0 Å². The first-order valence-electron chi connectivity index (χ1n) is 8.91. The second kappa shape index (κ2) is 5.66. The Hall–Kier alpha value is -2.68. The van der Waals surface area contributed by atoms with Crippen molar-refractivity contribution < 1.29 is 8.42 Å². The van der Waals surface area contributed by atoms with Crippen LogP contribution in [-0.2, 0) is 9.84 Å². The number of aryl methyl sites for hydroxylation is 1. The summed E-state index contributed by atoms with van der Waals surface area (Å²) in [4.78, 5) is 9.62. The summed E-state index contributed by atoms with van der Waals surface area (Å²) in [5, 5.41) is 8.46. The van der Waals surface area contributed by atoms with Gasteiger partial charge in [0.05, 0.1) is 10.9 Å². The average molecular weight is 384 g/mol. The molecule has 0 aliphatic carbocycles. The largest absolute Gasteiger partial charge is 0.365 e. The number of hydrogen-bond acceptors (Lipinski definition) is 7. The highest BCUT2D eigenvalue weighted by Gasteiger charge is 2.44. The first kappa shape index (κ1) is 16.5. The van der Waals surface area contributed by atoms with Crippen LogP contribution in [0.2, 0.25) is 0 Å². The number of nitrogens with zero attached hydrogens (tertiary/aromatic N) is 6. The predicted octanol–water partition coefficient (Wildman–Crippen LogP) is 1.30. The molecule has 2 aromatic heterocycles. The van der Waals surface area contributed by atoms with Gasteiger partial charge in [0, 0.05) is 43.5 Å². The Balaban J connectivity index is 1.40. The van der Waals surface area contributed by atoms with Crippen molar-refractivity contribution in [1.82, 2.24) is 19.6 Å². The Labute approximate surface area is 157 Å². The van der Waals surface area contributed by atoms with Gasteiger partial charge >= 0.3 is 0 Å². The zero-order valence-corrected chi connectivity index (χ0v) is 16.0. The minimum atomic E-state index is -3.17. The number of rotatable bonds is 3. The molecule has 9 heteroatoms. The van der Waals surface area contributed by atoms with Crippen molar-refractivity contribution in [2.24, 2.45) is 0 Å². The number of piperazine rings is 1. The van der Waals surface area contributed by atoms with Crippen LogP contribution in [0.25, 0.3) is 5.65 Å². The molecule has 2 fully saturated rings. The van der Waals surface area contributed by atoms with E-state index in [1.165, 1.54) is 6.26 Å². The smallest absolute Gasteiger partial charge is 0.203 e. The molecule has 3 aromatic rings. The molecule has 5 rings (SSSR count). The quantitative estimate of drug-likeness (QED) is 0.673. The van der Waals surface area contributed by atoms with Gasteiger partial charge in [-0.1, -0.05) is 0 Å². The minimum Gasteiger partial charge on any atom is -0.365 e. The lowest BCUT2D eigenvalue weighted by Crippen LogP contribution is -2.47. The molecule has 4 heterocycles. The van der Waals surface area contributed by atoms with Crippen molar-refractivity contribution in [1.29, 1.82) is 0 Å². The highest BCUT2D eigenvalue weighted by Crippen LogP contribution is 2.37.